The highest BCUT2D eigenvalue weighted by Gasteiger charge is 2.34. The van der Waals surface area contributed by atoms with Crippen LogP contribution in [-0.2, 0) is 13.5 Å². The average molecular weight is 253 g/mol. The van der Waals surface area contributed by atoms with Crippen LogP contribution in [0.3, 0.4) is 0 Å². The minimum absolute atomic E-state index is 0.161. The van der Waals surface area contributed by atoms with Gasteiger partial charge < -0.3 is 10.2 Å². The van der Waals surface area contributed by atoms with Crippen LogP contribution < -0.4 is 10.2 Å². The zero-order chi connectivity index (χ0) is 13.3. The smallest absolute Gasteiger partial charge is 0.334 e. The van der Waals surface area contributed by atoms with Crippen molar-refractivity contribution in [2.24, 2.45) is 7.05 Å². The van der Waals surface area contributed by atoms with E-state index in [1.807, 2.05) is 13.8 Å². The predicted molar refractivity (Wildman–Crippen MR) is 68.9 cm³/mol. The summed E-state index contributed by atoms with van der Waals surface area (Å²) >= 11 is 0. The van der Waals surface area contributed by atoms with Gasteiger partial charge in [0.15, 0.2) is 0 Å². The number of nitrogens with zero attached hydrogens (tertiary/aromatic N) is 4. The van der Waals surface area contributed by atoms with Gasteiger partial charge in [-0.3, -0.25) is 10.1 Å². The van der Waals surface area contributed by atoms with Gasteiger partial charge in [-0.25, -0.2) is 4.68 Å². The molecule has 0 aromatic carbocycles. The lowest BCUT2D eigenvalue weighted by Crippen LogP contribution is -2.57. The van der Waals surface area contributed by atoms with Gasteiger partial charge in [0.2, 0.25) is 5.82 Å². The molecule has 7 nitrogen and oxygen atoms in total. The van der Waals surface area contributed by atoms with Gasteiger partial charge >= 0.3 is 5.69 Å². The summed E-state index contributed by atoms with van der Waals surface area (Å²) in [5, 5.41) is 18.7. The Kier molecular flexibility index (Phi) is 3.51. The molecule has 0 spiro atoms. The van der Waals surface area contributed by atoms with Crippen LogP contribution >= 0.6 is 0 Å². The van der Waals surface area contributed by atoms with Crippen LogP contribution in [0.4, 0.5) is 11.5 Å². The van der Waals surface area contributed by atoms with E-state index < -0.39 is 0 Å². The number of anilines is 1. The highest BCUT2D eigenvalue weighted by Crippen LogP contribution is 2.33. The number of hydrogen-bond donors (Lipinski definition) is 1. The topological polar surface area (TPSA) is 76.2 Å². The summed E-state index contributed by atoms with van der Waals surface area (Å²) in [5.41, 5.74) is 0.719. The fraction of sp³-hybridized carbons (Fsp3) is 0.727. The van der Waals surface area contributed by atoms with E-state index in [2.05, 4.69) is 15.3 Å². The van der Waals surface area contributed by atoms with E-state index in [0.29, 0.717) is 24.0 Å². The first-order valence-electron chi connectivity index (χ1n) is 6.27. The van der Waals surface area contributed by atoms with Crippen LogP contribution in [0.5, 0.6) is 0 Å². The van der Waals surface area contributed by atoms with Crippen molar-refractivity contribution in [3.05, 3.63) is 15.8 Å². The summed E-state index contributed by atoms with van der Waals surface area (Å²) in [4.78, 5) is 13.0. The molecular formula is C11H19N5O2. The fourth-order valence-corrected chi connectivity index (χ4v) is 2.38. The van der Waals surface area contributed by atoms with Crippen LogP contribution in [0.25, 0.3) is 0 Å². The molecule has 0 saturated carbocycles. The Morgan fingerprint density at radius 2 is 2.22 bits per heavy atom. The summed E-state index contributed by atoms with van der Waals surface area (Å²) in [6.07, 6.45) is 0.574. The Bertz CT molecular complexity index is 453. The third kappa shape index (κ3) is 1.94. The van der Waals surface area contributed by atoms with Gasteiger partial charge in [-0.05, 0) is 13.3 Å². The van der Waals surface area contributed by atoms with Crippen molar-refractivity contribution >= 4 is 11.5 Å². The highest BCUT2D eigenvalue weighted by molar-refractivity contribution is 5.62. The van der Waals surface area contributed by atoms with Gasteiger partial charge in [0.25, 0.3) is 0 Å². The number of nitrogens with one attached hydrogen (secondary N) is 1. The van der Waals surface area contributed by atoms with E-state index in [1.165, 1.54) is 0 Å². The lowest BCUT2D eigenvalue weighted by molar-refractivity contribution is -0.384. The van der Waals surface area contributed by atoms with Crippen molar-refractivity contribution in [3.8, 4) is 0 Å². The number of nitro groups is 1. The van der Waals surface area contributed by atoms with E-state index in [0.717, 1.165) is 19.6 Å². The van der Waals surface area contributed by atoms with Crippen molar-refractivity contribution in [3.63, 3.8) is 0 Å². The molecule has 2 heterocycles. The molecule has 18 heavy (non-hydrogen) atoms. The molecule has 1 saturated heterocycles. The minimum Gasteiger partial charge on any atom is -0.346 e. The van der Waals surface area contributed by atoms with Crippen LogP contribution in [-0.4, -0.2) is 40.4 Å². The van der Waals surface area contributed by atoms with Crippen LogP contribution in [0, 0.1) is 10.1 Å². The Labute approximate surface area is 106 Å². The van der Waals surface area contributed by atoms with Crippen molar-refractivity contribution in [1.82, 2.24) is 15.1 Å². The second-order valence-corrected chi connectivity index (χ2v) is 4.45. The molecule has 0 amide bonds. The SMILES string of the molecule is CCc1nn(C)c(N(CC)C2CNC2)c1[N+](=O)[O-]. The molecule has 0 radical (unpaired) electrons. The Balaban J connectivity index is 2.46. The second kappa shape index (κ2) is 4.93. The first-order chi connectivity index (χ1) is 8.60. The Hall–Kier alpha value is -1.63. The molecule has 2 rings (SSSR count). The maximum atomic E-state index is 11.3. The first-order valence-corrected chi connectivity index (χ1v) is 6.27. The zero-order valence-corrected chi connectivity index (χ0v) is 11.0. The molecule has 7 heteroatoms. The lowest BCUT2D eigenvalue weighted by atomic mass is 10.1. The highest BCUT2D eigenvalue weighted by atomic mass is 16.6. The normalized spacial score (nSPS) is 15.5. The summed E-state index contributed by atoms with van der Waals surface area (Å²) in [6.45, 7) is 6.39. The molecule has 1 aromatic heterocycles. The maximum Gasteiger partial charge on any atom is 0.334 e. The molecule has 0 bridgehead atoms. The number of likely N-dealkylation sites (N-methyl/N-ethyl adjacent to an activating group) is 1. The molecule has 0 aliphatic carbocycles. The summed E-state index contributed by atoms with van der Waals surface area (Å²) in [7, 11) is 1.77. The van der Waals surface area contributed by atoms with Gasteiger partial charge in [0, 0.05) is 26.7 Å². The molecule has 1 aromatic rings. The molecule has 1 aliphatic rings. The quantitative estimate of drug-likeness (QED) is 0.617. The van der Waals surface area contributed by atoms with Crippen LogP contribution in [0.15, 0.2) is 0 Å². The van der Waals surface area contributed by atoms with Crippen molar-refractivity contribution in [2.45, 2.75) is 26.3 Å². The summed E-state index contributed by atoms with van der Waals surface area (Å²) in [5.74, 6) is 0.630. The Morgan fingerprint density at radius 3 is 2.61 bits per heavy atom. The van der Waals surface area contributed by atoms with E-state index >= 15 is 0 Å². The van der Waals surface area contributed by atoms with Gasteiger partial charge in [-0.1, -0.05) is 6.92 Å². The average Bonchev–Trinajstić information content (AvgIpc) is 2.60. The number of rotatable bonds is 5. The van der Waals surface area contributed by atoms with E-state index in [-0.39, 0.29) is 10.6 Å². The number of aryl methyl sites for hydroxylation is 2. The zero-order valence-electron chi connectivity index (χ0n) is 11.0. The molecule has 1 aliphatic heterocycles. The second-order valence-electron chi connectivity index (χ2n) is 4.45. The van der Waals surface area contributed by atoms with Gasteiger partial charge in [-0.2, -0.15) is 5.10 Å². The number of aromatic nitrogens is 2. The van der Waals surface area contributed by atoms with Gasteiger partial charge in [0.05, 0.1) is 11.0 Å². The van der Waals surface area contributed by atoms with E-state index in [1.54, 1.807) is 11.7 Å². The summed E-state index contributed by atoms with van der Waals surface area (Å²) in [6, 6.07) is 0.328. The Morgan fingerprint density at radius 1 is 1.56 bits per heavy atom. The molecule has 0 unspecified atom stereocenters. The van der Waals surface area contributed by atoms with E-state index in [4.69, 9.17) is 0 Å². The van der Waals surface area contributed by atoms with Crippen LogP contribution in [0.1, 0.15) is 19.5 Å². The fourth-order valence-electron chi connectivity index (χ4n) is 2.38. The predicted octanol–water partition coefficient (Wildman–Crippen LogP) is 0.689. The molecule has 100 valence electrons. The maximum absolute atomic E-state index is 11.3. The van der Waals surface area contributed by atoms with Gasteiger partial charge in [-0.15, -0.1) is 0 Å². The summed E-state index contributed by atoms with van der Waals surface area (Å²) < 4.78 is 1.64. The largest absolute Gasteiger partial charge is 0.346 e. The third-order valence-corrected chi connectivity index (χ3v) is 3.39. The standard InChI is InChI=1S/C11H19N5O2/c1-4-9-10(16(17)18)11(14(3)13-9)15(5-2)8-6-12-7-8/h8,12H,4-7H2,1-3H3. The first kappa shape index (κ1) is 12.8. The van der Waals surface area contributed by atoms with Gasteiger partial charge in [0.1, 0.15) is 5.69 Å². The van der Waals surface area contributed by atoms with Crippen LogP contribution in [0.2, 0.25) is 0 Å². The van der Waals surface area contributed by atoms with Crippen molar-refractivity contribution in [1.29, 1.82) is 0 Å². The molecule has 1 N–H and O–H groups in total. The third-order valence-electron chi connectivity index (χ3n) is 3.39. The number of hydrogen-bond acceptors (Lipinski definition) is 5. The minimum atomic E-state index is -0.310. The molecule has 0 atom stereocenters. The van der Waals surface area contributed by atoms with E-state index in [9.17, 15) is 10.1 Å². The molecular weight excluding hydrogens is 234 g/mol. The van der Waals surface area contributed by atoms with Crippen molar-refractivity contribution < 1.29 is 4.92 Å². The van der Waals surface area contributed by atoms with Crippen molar-refractivity contribution in [2.75, 3.05) is 24.5 Å². The lowest BCUT2D eigenvalue weighted by Gasteiger charge is -2.38. The molecule has 1 fully saturated rings. The monoisotopic (exact) mass is 253 g/mol.